The van der Waals surface area contributed by atoms with Crippen LogP contribution in [0.15, 0.2) is 42.6 Å². The number of rotatable bonds is 3. The van der Waals surface area contributed by atoms with E-state index in [4.69, 9.17) is 4.84 Å². The van der Waals surface area contributed by atoms with Gasteiger partial charge in [0.1, 0.15) is 5.60 Å². The molecule has 1 fully saturated rings. The summed E-state index contributed by atoms with van der Waals surface area (Å²) in [6.45, 7) is 1.97. The number of carboxylic acid groups (broad SMARTS) is 1. The fraction of sp³-hybridized carbons (Fsp3) is 0.263. The van der Waals surface area contributed by atoms with Gasteiger partial charge in [0, 0.05) is 17.3 Å². The second-order valence-corrected chi connectivity index (χ2v) is 6.51. The Bertz CT molecular complexity index is 836. The molecule has 0 radical (unpaired) electrons. The largest absolute Gasteiger partial charge is 0.478 e. The predicted molar refractivity (Wildman–Crippen MR) is 90.1 cm³/mol. The van der Waals surface area contributed by atoms with Crippen LogP contribution in [0.2, 0.25) is 0 Å². The van der Waals surface area contributed by atoms with Crippen molar-refractivity contribution in [2.24, 2.45) is 0 Å². The van der Waals surface area contributed by atoms with Gasteiger partial charge in [0.25, 0.3) is 0 Å². The molecule has 2 N–H and O–H groups in total. The molecule has 5 nitrogen and oxygen atoms in total. The van der Waals surface area contributed by atoms with Gasteiger partial charge >= 0.3 is 5.97 Å². The van der Waals surface area contributed by atoms with E-state index in [1.165, 1.54) is 0 Å². The van der Waals surface area contributed by atoms with Crippen LogP contribution in [-0.2, 0) is 4.84 Å². The number of aromatic carboxylic acids is 1. The van der Waals surface area contributed by atoms with Crippen molar-refractivity contribution in [3.05, 3.63) is 59.3 Å². The van der Waals surface area contributed by atoms with E-state index in [2.05, 4.69) is 16.5 Å². The number of hydroxylamine groups is 1. The number of benzene rings is 1. The molecule has 0 atom stereocenters. The third kappa shape index (κ3) is 2.57. The van der Waals surface area contributed by atoms with Crippen LogP contribution in [0, 0.1) is 6.92 Å². The summed E-state index contributed by atoms with van der Waals surface area (Å²) in [7, 11) is 0. The molecule has 5 heteroatoms. The topological polar surface area (TPSA) is 71.5 Å². The lowest BCUT2D eigenvalue weighted by Gasteiger charge is -2.33. The number of carboxylic acids is 1. The summed E-state index contributed by atoms with van der Waals surface area (Å²) in [5.74, 6) is -0.955. The predicted octanol–water partition coefficient (Wildman–Crippen LogP) is 3.55. The molecular formula is C19H18N2O3. The van der Waals surface area contributed by atoms with Gasteiger partial charge in [-0.15, -0.1) is 0 Å². The zero-order chi connectivity index (χ0) is 16.7. The Labute approximate surface area is 139 Å². The van der Waals surface area contributed by atoms with Crippen LogP contribution in [0.1, 0.15) is 40.7 Å². The fourth-order valence-electron chi connectivity index (χ4n) is 3.09. The molecular weight excluding hydrogens is 304 g/mol. The summed E-state index contributed by atoms with van der Waals surface area (Å²) in [5.41, 5.74) is 7.22. The lowest BCUT2D eigenvalue weighted by Crippen LogP contribution is -2.36. The van der Waals surface area contributed by atoms with Gasteiger partial charge in [0.05, 0.1) is 17.0 Å². The van der Waals surface area contributed by atoms with Crippen molar-refractivity contribution in [2.45, 2.75) is 31.8 Å². The summed E-state index contributed by atoms with van der Waals surface area (Å²) < 4.78 is 0. The van der Waals surface area contributed by atoms with E-state index in [9.17, 15) is 9.90 Å². The molecule has 1 aliphatic carbocycles. The SMILES string of the molecule is Cc1ccc(-c2cc(C(=O)O)cc(C3=CC4(CCC4)ON3)c2)nc1. The fourth-order valence-corrected chi connectivity index (χ4v) is 3.09. The molecule has 0 saturated heterocycles. The Kier molecular flexibility index (Phi) is 3.39. The number of aryl methyl sites for hydroxylation is 1. The average molecular weight is 322 g/mol. The van der Waals surface area contributed by atoms with Crippen LogP contribution >= 0.6 is 0 Å². The molecule has 122 valence electrons. The highest BCUT2D eigenvalue weighted by atomic mass is 16.7. The molecule has 1 saturated carbocycles. The number of nitrogens with one attached hydrogen (secondary N) is 1. The molecule has 2 heterocycles. The van der Waals surface area contributed by atoms with Gasteiger partial charge in [0.2, 0.25) is 0 Å². The Balaban J connectivity index is 1.78. The first-order valence-corrected chi connectivity index (χ1v) is 8.03. The summed E-state index contributed by atoms with van der Waals surface area (Å²) in [4.78, 5) is 21.6. The number of carbonyl (C=O) groups is 1. The first kappa shape index (κ1) is 14.9. The number of hydrogen-bond acceptors (Lipinski definition) is 4. The highest BCUT2D eigenvalue weighted by Gasteiger charge is 2.41. The highest BCUT2D eigenvalue weighted by Crippen LogP contribution is 2.42. The first-order valence-electron chi connectivity index (χ1n) is 8.03. The molecule has 1 spiro atoms. The Hall–Kier alpha value is -2.66. The van der Waals surface area contributed by atoms with Gasteiger partial charge in [-0.3, -0.25) is 15.3 Å². The summed E-state index contributed by atoms with van der Waals surface area (Å²) in [6.07, 6.45) is 6.99. The lowest BCUT2D eigenvalue weighted by molar-refractivity contribution is -0.0821. The maximum atomic E-state index is 11.5. The van der Waals surface area contributed by atoms with Crippen molar-refractivity contribution >= 4 is 11.7 Å². The summed E-state index contributed by atoms with van der Waals surface area (Å²) >= 11 is 0. The van der Waals surface area contributed by atoms with Gasteiger partial charge in [-0.25, -0.2) is 4.79 Å². The smallest absolute Gasteiger partial charge is 0.335 e. The molecule has 4 rings (SSSR count). The van der Waals surface area contributed by atoms with Crippen LogP contribution in [0.3, 0.4) is 0 Å². The number of pyridine rings is 1. The van der Waals surface area contributed by atoms with Crippen molar-refractivity contribution < 1.29 is 14.7 Å². The van der Waals surface area contributed by atoms with Crippen molar-refractivity contribution in [3.63, 3.8) is 0 Å². The van der Waals surface area contributed by atoms with Crippen LogP contribution < -0.4 is 5.48 Å². The molecule has 0 unspecified atom stereocenters. The zero-order valence-electron chi connectivity index (χ0n) is 13.4. The first-order chi connectivity index (χ1) is 11.5. The van der Waals surface area contributed by atoms with Crippen LogP contribution in [0.4, 0.5) is 0 Å². The maximum Gasteiger partial charge on any atom is 0.335 e. The molecule has 1 aliphatic heterocycles. The van der Waals surface area contributed by atoms with E-state index in [1.54, 1.807) is 18.3 Å². The minimum atomic E-state index is -0.955. The normalized spacial score (nSPS) is 18.0. The van der Waals surface area contributed by atoms with Gasteiger partial charge < -0.3 is 5.11 Å². The second kappa shape index (κ2) is 5.46. The Morgan fingerprint density at radius 2 is 2.04 bits per heavy atom. The number of nitrogens with zero attached hydrogens (tertiary/aromatic N) is 1. The van der Waals surface area contributed by atoms with Crippen molar-refractivity contribution in [1.82, 2.24) is 10.5 Å². The van der Waals surface area contributed by atoms with E-state index in [0.29, 0.717) is 0 Å². The summed E-state index contributed by atoms with van der Waals surface area (Å²) in [6, 6.07) is 9.14. The van der Waals surface area contributed by atoms with Gasteiger partial charge in [-0.2, -0.15) is 0 Å². The van der Waals surface area contributed by atoms with Crippen molar-refractivity contribution in [3.8, 4) is 11.3 Å². The van der Waals surface area contributed by atoms with E-state index in [1.807, 2.05) is 25.1 Å². The molecule has 1 aromatic heterocycles. The third-order valence-electron chi connectivity index (χ3n) is 4.67. The van der Waals surface area contributed by atoms with Crippen molar-refractivity contribution in [2.75, 3.05) is 0 Å². The molecule has 2 aromatic rings. The summed E-state index contributed by atoms with van der Waals surface area (Å²) in [5, 5.41) is 9.44. The van der Waals surface area contributed by atoms with Gasteiger partial charge in [-0.1, -0.05) is 6.07 Å². The molecule has 2 aliphatic rings. The van der Waals surface area contributed by atoms with Gasteiger partial charge in [-0.05, 0) is 62.1 Å². The minimum absolute atomic E-state index is 0.211. The second-order valence-electron chi connectivity index (χ2n) is 6.51. The molecule has 0 amide bonds. The number of aromatic nitrogens is 1. The molecule has 0 bridgehead atoms. The Morgan fingerprint density at radius 3 is 2.62 bits per heavy atom. The third-order valence-corrected chi connectivity index (χ3v) is 4.67. The maximum absolute atomic E-state index is 11.5. The average Bonchev–Trinajstić information content (AvgIpc) is 3.01. The molecule has 1 aromatic carbocycles. The monoisotopic (exact) mass is 322 g/mol. The van der Waals surface area contributed by atoms with Gasteiger partial charge in [0.15, 0.2) is 0 Å². The minimum Gasteiger partial charge on any atom is -0.478 e. The van der Waals surface area contributed by atoms with Crippen LogP contribution in [0.25, 0.3) is 17.0 Å². The zero-order valence-corrected chi connectivity index (χ0v) is 13.4. The van der Waals surface area contributed by atoms with Crippen LogP contribution in [0.5, 0.6) is 0 Å². The quantitative estimate of drug-likeness (QED) is 0.904. The van der Waals surface area contributed by atoms with E-state index in [0.717, 1.165) is 47.3 Å². The standard InChI is InChI=1S/C19H18N2O3/c1-12-3-4-16(20-11-12)13-7-14(9-15(8-13)18(22)23)17-10-19(24-21-17)5-2-6-19/h3-4,7-11,21H,2,5-6H2,1H3,(H,22,23). The van der Waals surface area contributed by atoms with E-state index in [-0.39, 0.29) is 11.2 Å². The molecule has 24 heavy (non-hydrogen) atoms. The van der Waals surface area contributed by atoms with E-state index < -0.39 is 5.97 Å². The Morgan fingerprint density at radius 1 is 1.25 bits per heavy atom. The number of hydrogen-bond donors (Lipinski definition) is 2. The van der Waals surface area contributed by atoms with Crippen molar-refractivity contribution in [1.29, 1.82) is 0 Å². The lowest BCUT2D eigenvalue weighted by atomic mass is 9.80. The van der Waals surface area contributed by atoms with E-state index >= 15 is 0 Å². The van der Waals surface area contributed by atoms with Crippen LogP contribution in [-0.4, -0.2) is 21.7 Å². The highest BCUT2D eigenvalue weighted by molar-refractivity contribution is 5.91.